The zero-order valence-electron chi connectivity index (χ0n) is 20.4. The van der Waals surface area contributed by atoms with Gasteiger partial charge in [-0.05, 0) is 35.7 Å². The van der Waals surface area contributed by atoms with E-state index in [1.807, 2.05) is 18.3 Å². The molecule has 6 heteroatoms. The molecule has 0 unspecified atom stereocenters. The SMILES string of the molecule is CCc1cc2c(N3CCN(C(c4ccccc4)c4ccccc4)CC3)nc(-c3cccnc3)nc2s1. The number of anilines is 1. The lowest BCUT2D eigenvalue weighted by Gasteiger charge is -2.40. The van der Waals surface area contributed by atoms with Gasteiger partial charge in [-0.1, -0.05) is 67.6 Å². The first-order chi connectivity index (χ1) is 17.8. The molecule has 0 atom stereocenters. The molecule has 2 aromatic carbocycles. The Morgan fingerprint density at radius 1 is 0.833 bits per heavy atom. The third-order valence-electron chi connectivity index (χ3n) is 6.90. The molecule has 1 saturated heterocycles. The van der Waals surface area contributed by atoms with Gasteiger partial charge in [-0.3, -0.25) is 9.88 Å². The molecule has 0 bridgehead atoms. The summed E-state index contributed by atoms with van der Waals surface area (Å²) < 4.78 is 0. The van der Waals surface area contributed by atoms with Gasteiger partial charge in [0.25, 0.3) is 0 Å². The minimum absolute atomic E-state index is 0.249. The number of nitrogens with zero attached hydrogens (tertiary/aromatic N) is 5. The Hall–Kier alpha value is -3.61. The molecular formula is C30H29N5S. The summed E-state index contributed by atoms with van der Waals surface area (Å²) in [5, 5.41) is 1.17. The van der Waals surface area contributed by atoms with Gasteiger partial charge in [0, 0.05) is 49.0 Å². The summed E-state index contributed by atoms with van der Waals surface area (Å²) in [4.78, 5) is 21.8. The van der Waals surface area contributed by atoms with Gasteiger partial charge in [-0.2, -0.15) is 0 Å². The van der Waals surface area contributed by atoms with Crippen LogP contribution in [-0.2, 0) is 6.42 Å². The molecule has 6 rings (SSSR count). The van der Waals surface area contributed by atoms with Crippen molar-refractivity contribution in [3.8, 4) is 11.4 Å². The first-order valence-corrected chi connectivity index (χ1v) is 13.4. The topological polar surface area (TPSA) is 45.2 Å². The molecule has 0 aliphatic carbocycles. The molecule has 0 amide bonds. The monoisotopic (exact) mass is 491 g/mol. The Kier molecular flexibility index (Phi) is 6.45. The third kappa shape index (κ3) is 4.50. The normalized spacial score (nSPS) is 14.6. The second kappa shape index (κ2) is 10.2. The lowest BCUT2D eigenvalue weighted by molar-refractivity contribution is 0.212. The number of benzene rings is 2. The fraction of sp³-hybridized carbons (Fsp3) is 0.233. The minimum atomic E-state index is 0.249. The fourth-order valence-electron chi connectivity index (χ4n) is 5.07. The number of hydrogen-bond acceptors (Lipinski definition) is 6. The van der Waals surface area contributed by atoms with Crippen LogP contribution in [0.25, 0.3) is 21.6 Å². The molecule has 5 aromatic rings. The summed E-state index contributed by atoms with van der Waals surface area (Å²) in [6.45, 7) is 5.98. The van der Waals surface area contributed by atoms with Crippen LogP contribution in [0.2, 0.25) is 0 Å². The van der Waals surface area contributed by atoms with E-state index in [0.717, 1.165) is 54.6 Å². The highest BCUT2D eigenvalue weighted by Crippen LogP contribution is 2.35. The summed E-state index contributed by atoms with van der Waals surface area (Å²) in [5.74, 6) is 1.80. The van der Waals surface area contributed by atoms with Gasteiger partial charge in [0.05, 0.1) is 11.4 Å². The zero-order chi connectivity index (χ0) is 24.3. The van der Waals surface area contributed by atoms with E-state index in [9.17, 15) is 0 Å². The molecule has 0 saturated carbocycles. The van der Waals surface area contributed by atoms with Crippen LogP contribution >= 0.6 is 11.3 Å². The van der Waals surface area contributed by atoms with Crippen LogP contribution in [0.5, 0.6) is 0 Å². The quantitative estimate of drug-likeness (QED) is 0.282. The average Bonchev–Trinajstić information content (AvgIpc) is 3.38. The van der Waals surface area contributed by atoms with Crippen molar-refractivity contribution < 1.29 is 0 Å². The van der Waals surface area contributed by atoms with Gasteiger partial charge >= 0.3 is 0 Å². The Morgan fingerprint density at radius 2 is 1.53 bits per heavy atom. The highest BCUT2D eigenvalue weighted by molar-refractivity contribution is 7.18. The number of pyridine rings is 1. The summed E-state index contributed by atoms with van der Waals surface area (Å²) in [6.07, 6.45) is 4.65. The highest BCUT2D eigenvalue weighted by atomic mass is 32.1. The molecular weight excluding hydrogens is 462 g/mol. The number of thiophene rings is 1. The maximum atomic E-state index is 5.09. The van der Waals surface area contributed by atoms with Gasteiger partial charge < -0.3 is 4.90 Å². The van der Waals surface area contributed by atoms with Crippen LogP contribution < -0.4 is 4.90 Å². The predicted octanol–water partition coefficient (Wildman–Crippen LogP) is 6.23. The van der Waals surface area contributed by atoms with Gasteiger partial charge in [0.1, 0.15) is 10.6 Å². The maximum Gasteiger partial charge on any atom is 0.164 e. The van der Waals surface area contributed by atoms with Crippen molar-refractivity contribution in [3.63, 3.8) is 0 Å². The van der Waals surface area contributed by atoms with Crippen molar-refractivity contribution in [3.05, 3.63) is 107 Å². The number of piperazine rings is 1. The molecule has 1 fully saturated rings. The van der Waals surface area contributed by atoms with Crippen molar-refractivity contribution in [2.45, 2.75) is 19.4 Å². The number of aryl methyl sites for hydroxylation is 1. The molecule has 1 aliphatic heterocycles. The second-order valence-electron chi connectivity index (χ2n) is 9.14. The van der Waals surface area contributed by atoms with Gasteiger partial charge in [0.2, 0.25) is 0 Å². The Labute approximate surface area is 216 Å². The van der Waals surface area contributed by atoms with E-state index in [1.54, 1.807) is 17.5 Å². The molecule has 4 heterocycles. The van der Waals surface area contributed by atoms with Crippen LogP contribution in [-0.4, -0.2) is 46.0 Å². The first-order valence-electron chi connectivity index (χ1n) is 12.6. The smallest absolute Gasteiger partial charge is 0.164 e. The zero-order valence-corrected chi connectivity index (χ0v) is 21.2. The van der Waals surface area contributed by atoms with Crippen molar-refractivity contribution in [1.82, 2.24) is 19.9 Å². The molecule has 0 radical (unpaired) electrons. The molecule has 3 aromatic heterocycles. The maximum absolute atomic E-state index is 5.09. The van der Waals surface area contributed by atoms with E-state index in [2.05, 4.69) is 88.4 Å². The number of fused-ring (bicyclic) bond motifs is 1. The number of hydrogen-bond donors (Lipinski definition) is 0. The van der Waals surface area contributed by atoms with Gasteiger partial charge in [-0.15, -0.1) is 11.3 Å². The van der Waals surface area contributed by atoms with Crippen molar-refractivity contribution in [2.24, 2.45) is 0 Å². The number of rotatable bonds is 6. The van der Waals surface area contributed by atoms with Gasteiger partial charge in [-0.25, -0.2) is 9.97 Å². The van der Waals surface area contributed by atoms with Crippen LogP contribution in [0, 0.1) is 0 Å². The van der Waals surface area contributed by atoms with Crippen molar-refractivity contribution in [2.75, 3.05) is 31.1 Å². The van der Waals surface area contributed by atoms with Crippen molar-refractivity contribution in [1.29, 1.82) is 0 Å². The Bertz CT molecular complexity index is 1390. The molecule has 1 aliphatic rings. The lowest BCUT2D eigenvalue weighted by Crippen LogP contribution is -2.48. The molecule has 0 spiro atoms. The van der Waals surface area contributed by atoms with E-state index in [0.29, 0.717) is 0 Å². The summed E-state index contributed by atoms with van der Waals surface area (Å²) in [5.41, 5.74) is 3.63. The minimum Gasteiger partial charge on any atom is -0.353 e. The van der Waals surface area contributed by atoms with Crippen LogP contribution in [0.3, 0.4) is 0 Å². The predicted molar refractivity (Wildman–Crippen MR) is 149 cm³/mol. The van der Waals surface area contributed by atoms with E-state index in [1.165, 1.54) is 21.4 Å². The molecule has 0 N–H and O–H groups in total. The fourth-order valence-corrected chi connectivity index (χ4v) is 6.03. The standard InChI is InChI=1S/C30H29N5S/c1-2-25-20-26-29(32-28(33-30(26)36-25)24-14-9-15-31-21-24)35-18-16-34(17-19-35)27(22-10-5-3-6-11-22)23-12-7-4-8-13-23/h3-15,20-21,27H,2,16-19H2,1H3. The van der Waals surface area contributed by atoms with E-state index in [4.69, 9.17) is 9.97 Å². The summed E-state index contributed by atoms with van der Waals surface area (Å²) in [7, 11) is 0. The third-order valence-corrected chi connectivity index (χ3v) is 8.07. The first kappa shape index (κ1) is 22.8. The van der Waals surface area contributed by atoms with Crippen LogP contribution in [0.1, 0.15) is 29.0 Å². The lowest BCUT2D eigenvalue weighted by atomic mass is 9.96. The highest BCUT2D eigenvalue weighted by Gasteiger charge is 2.28. The van der Waals surface area contributed by atoms with Crippen LogP contribution in [0.15, 0.2) is 91.3 Å². The van der Waals surface area contributed by atoms with Crippen molar-refractivity contribution >= 4 is 27.4 Å². The van der Waals surface area contributed by atoms with E-state index >= 15 is 0 Å². The molecule has 180 valence electrons. The Balaban J connectivity index is 1.32. The molecule has 36 heavy (non-hydrogen) atoms. The Morgan fingerprint density at radius 3 is 2.14 bits per heavy atom. The van der Waals surface area contributed by atoms with Gasteiger partial charge in [0.15, 0.2) is 5.82 Å². The summed E-state index contributed by atoms with van der Waals surface area (Å²) >= 11 is 1.78. The van der Waals surface area contributed by atoms with Crippen LogP contribution in [0.4, 0.5) is 5.82 Å². The van der Waals surface area contributed by atoms with E-state index < -0.39 is 0 Å². The number of aromatic nitrogens is 3. The molecule has 5 nitrogen and oxygen atoms in total. The second-order valence-corrected chi connectivity index (χ2v) is 10.3. The van der Waals surface area contributed by atoms with E-state index in [-0.39, 0.29) is 6.04 Å². The average molecular weight is 492 g/mol. The largest absolute Gasteiger partial charge is 0.353 e. The summed E-state index contributed by atoms with van der Waals surface area (Å²) in [6, 6.07) is 28.2.